The van der Waals surface area contributed by atoms with Crippen molar-refractivity contribution < 1.29 is 13.2 Å². The molecule has 0 aromatic heterocycles. The predicted octanol–water partition coefficient (Wildman–Crippen LogP) is 3.90. The van der Waals surface area contributed by atoms with Crippen LogP contribution < -0.4 is 5.32 Å². The van der Waals surface area contributed by atoms with Crippen molar-refractivity contribution in [1.29, 1.82) is 0 Å². The highest BCUT2D eigenvalue weighted by atomic mass is 35.5. The second kappa shape index (κ2) is 8.01. The lowest BCUT2D eigenvalue weighted by atomic mass is 10.2. The molecule has 0 saturated heterocycles. The number of carbonyl (C=O) groups excluding carboxylic acids is 1. The van der Waals surface area contributed by atoms with Crippen LogP contribution in [0.1, 0.15) is 5.56 Å². The lowest BCUT2D eigenvalue weighted by molar-refractivity contribution is -0.111. The maximum atomic E-state index is 12.0. The molecule has 2 aromatic carbocycles. The van der Waals surface area contributed by atoms with Gasteiger partial charge in [-0.1, -0.05) is 29.3 Å². The SMILES string of the molecule is CN(C)S(=O)(=O)c1ccc(NC(=O)/C=C/c2ccc(Cl)cc2Cl)cc1. The fourth-order valence-corrected chi connectivity index (χ4v) is 3.28. The first-order valence-corrected chi connectivity index (χ1v) is 9.36. The standard InChI is InChI=1S/C17H16Cl2N2O3S/c1-21(2)25(23,24)15-8-6-14(7-9-15)20-17(22)10-4-12-3-5-13(18)11-16(12)19/h3-11H,1-2H3,(H,20,22)/b10-4+. The average molecular weight is 399 g/mol. The molecule has 0 bridgehead atoms. The summed E-state index contributed by atoms with van der Waals surface area (Å²) in [5.74, 6) is -0.366. The van der Waals surface area contributed by atoms with E-state index in [-0.39, 0.29) is 10.8 Å². The van der Waals surface area contributed by atoms with Gasteiger partial charge in [0.15, 0.2) is 0 Å². The van der Waals surface area contributed by atoms with Crippen LogP contribution in [0.3, 0.4) is 0 Å². The second-order valence-corrected chi connectivity index (χ2v) is 8.30. The summed E-state index contributed by atoms with van der Waals surface area (Å²) >= 11 is 11.8. The van der Waals surface area contributed by atoms with E-state index in [4.69, 9.17) is 23.2 Å². The number of sulfonamides is 1. The van der Waals surface area contributed by atoms with Gasteiger partial charge in [-0.15, -0.1) is 0 Å². The van der Waals surface area contributed by atoms with Crippen LogP contribution in [0.2, 0.25) is 10.0 Å². The number of benzene rings is 2. The largest absolute Gasteiger partial charge is 0.323 e. The van der Waals surface area contributed by atoms with E-state index in [9.17, 15) is 13.2 Å². The van der Waals surface area contributed by atoms with Gasteiger partial charge in [-0.2, -0.15) is 0 Å². The molecule has 0 aliphatic rings. The minimum absolute atomic E-state index is 0.152. The molecule has 1 amide bonds. The van der Waals surface area contributed by atoms with Gasteiger partial charge in [0.2, 0.25) is 15.9 Å². The summed E-state index contributed by atoms with van der Waals surface area (Å²) in [5.41, 5.74) is 1.14. The number of nitrogens with zero attached hydrogens (tertiary/aromatic N) is 1. The van der Waals surface area contributed by atoms with Crippen molar-refractivity contribution in [1.82, 2.24) is 4.31 Å². The number of carbonyl (C=O) groups is 1. The zero-order chi connectivity index (χ0) is 18.6. The van der Waals surface area contributed by atoms with Gasteiger partial charge in [-0.05, 0) is 48.0 Å². The van der Waals surface area contributed by atoms with Crippen LogP contribution >= 0.6 is 23.2 Å². The molecule has 132 valence electrons. The molecule has 8 heteroatoms. The second-order valence-electron chi connectivity index (χ2n) is 5.30. The molecule has 0 atom stereocenters. The van der Waals surface area contributed by atoms with Crippen molar-refractivity contribution in [2.75, 3.05) is 19.4 Å². The minimum Gasteiger partial charge on any atom is -0.323 e. The van der Waals surface area contributed by atoms with E-state index in [1.807, 2.05) is 0 Å². The molecular weight excluding hydrogens is 383 g/mol. The number of amides is 1. The molecule has 0 spiro atoms. The van der Waals surface area contributed by atoms with E-state index < -0.39 is 10.0 Å². The highest BCUT2D eigenvalue weighted by molar-refractivity contribution is 7.89. The summed E-state index contributed by atoms with van der Waals surface area (Å²) in [6.45, 7) is 0. The third-order valence-corrected chi connectivity index (χ3v) is 5.67. The fraction of sp³-hybridized carbons (Fsp3) is 0.118. The first-order valence-electron chi connectivity index (χ1n) is 7.17. The molecule has 5 nitrogen and oxygen atoms in total. The van der Waals surface area contributed by atoms with Crippen LogP contribution in [0.25, 0.3) is 6.08 Å². The van der Waals surface area contributed by atoms with Crippen LogP contribution in [-0.4, -0.2) is 32.7 Å². The Labute approximate surface area is 156 Å². The van der Waals surface area contributed by atoms with Crippen molar-refractivity contribution in [2.45, 2.75) is 4.90 Å². The lowest BCUT2D eigenvalue weighted by Gasteiger charge is -2.11. The normalized spacial score (nSPS) is 11.9. The Bertz CT molecular complexity index is 908. The van der Waals surface area contributed by atoms with Gasteiger partial charge in [-0.25, -0.2) is 12.7 Å². The summed E-state index contributed by atoms with van der Waals surface area (Å²) in [6, 6.07) is 10.9. The maximum absolute atomic E-state index is 12.0. The average Bonchev–Trinajstić information content (AvgIpc) is 2.54. The van der Waals surface area contributed by atoms with E-state index in [0.717, 1.165) is 4.31 Å². The molecule has 0 unspecified atom stereocenters. The molecule has 2 rings (SSSR count). The van der Waals surface area contributed by atoms with Gasteiger partial charge in [0.1, 0.15) is 0 Å². The van der Waals surface area contributed by atoms with Gasteiger partial charge in [0, 0.05) is 35.9 Å². The molecule has 0 fully saturated rings. The van der Waals surface area contributed by atoms with Crippen molar-refractivity contribution >= 4 is 50.9 Å². The van der Waals surface area contributed by atoms with Crippen molar-refractivity contribution in [2.24, 2.45) is 0 Å². The Morgan fingerprint density at radius 1 is 1.08 bits per heavy atom. The molecule has 1 N–H and O–H groups in total. The zero-order valence-electron chi connectivity index (χ0n) is 13.5. The predicted molar refractivity (Wildman–Crippen MR) is 101 cm³/mol. The quantitative estimate of drug-likeness (QED) is 0.776. The molecule has 0 heterocycles. The summed E-state index contributed by atoms with van der Waals surface area (Å²) in [7, 11) is -0.583. The first kappa shape index (κ1) is 19.5. The van der Waals surface area contributed by atoms with Crippen LogP contribution in [0, 0.1) is 0 Å². The number of rotatable bonds is 5. The van der Waals surface area contributed by atoms with Crippen molar-refractivity contribution in [3.8, 4) is 0 Å². The molecule has 0 aliphatic heterocycles. The molecule has 0 saturated carbocycles. The van der Waals surface area contributed by atoms with E-state index in [2.05, 4.69) is 5.32 Å². The maximum Gasteiger partial charge on any atom is 0.248 e. The highest BCUT2D eigenvalue weighted by Crippen LogP contribution is 2.22. The Hall–Kier alpha value is -1.86. The smallest absolute Gasteiger partial charge is 0.248 e. The molecule has 0 aliphatic carbocycles. The topological polar surface area (TPSA) is 66.5 Å². The number of halogens is 2. The van der Waals surface area contributed by atoms with E-state index >= 15 is 0 Å². The van der Waals surface area contributed by atoms with Crippen molar-refractivity contribution in [3.05, 3.63) is 64.1 Å². The number of hydrogen-bond donors (Lipinski definition) is 1. The van der Waals surface area contributed by atoms with Gasteiger partial charge in [0.05, 0.1) is 4.90 Å². The van der Waals surface area contributed by atoms with Gasteiger partial charge in [0.25, 0.3) is 0 Å². The number of hydrogen-bond acceptors (Lipinski definition) is 3. The first-order chi connectivity index (χ1) is 11.7. The van der Waals surface area contributed by atoms with Crippen LogP contribution in [-0.2, 0) is 14.8 Å². The number of nitrogens with one attached hydrogen (secondary N) is 1. The summed E-state index contributed by atoms with van der Waals surface area (Å²) in [5, 5.41) is 3.60. The Kier molecular flexibility index (Phi) is 6.24. The van der Waals surface area contributed by atoms with Crippen LogP contribution in [0.4, 0.5) is 5.69 Å². The highest BCUT2D eigenvalue weighted by Gasteiger charge is 2.16. The Morgan fingerprint density at radius 2 is 1.72 bits per heavy atom. The van der Waals surface area contributed by atoms with E-state index in [0.29, 0.717) is 21.3 Å². The van der Waals surface area contributed by atoms with Gasteiger partial charge >= 0.3 is 0 Å². The third-order valence-electron chi connectivity index (χ3n) is 3.28. The lowest BCUT2D eigenvalue weighted by Crippen LogP contribution is -2.22. The van der Waals surface area contributed by atoms with Gasteiger partial charge < -0.3 is 5.32 Å². The van der Waals surface area contributed by atoms with Crippen LogP contribution in [0.15, 0.2) is 53.4 Å². The van der Waals surface area contributed by atoms with Crippen molar-refractivity contribution in [3.63, 3.8) is 0 Å². The van der Waals surface area contributed by atoms with Crippen LogP contribution in [0.5, 0.6) is 0 Å². The molecular formula is C17H16Cl2N2O3S. The molecule has 25 heavy (non-hydrogen) atoms. The summed E-state index contributed by atoms with van der Waals surface area (Å²) < 4.78 is 25.1. The summed E-state index contributed by atoms with van der Waals surface area (Å²) in [4.78, 5) is 12.1. The minimum atomic E-state index is -3.50. The zero-order valence-corrected chi connectivity index (χ0v) is 15.9. The monoisotopic (exact) mass is 398 g/mol. The number of anilines is 1. The summed E-state index contributed by atoms with van der Waals surface area (Å²) in [6.07, 6.45) is 2.90. The van der Waals surface area contributed by atoms with E-state index in [1.54, 1.807) is 24.3 Å². The molecule has 2 aromatic rings. The third kappa shape index (κ3) is 5.06. The fourth-order valence-electron chi connectivity index (χ4n) is 1.91. The Balaban J connectivity index is 2.07. The van der Waals surface area contributed by atoms with E-state index in [1.165, 1.54) is 44.4 Å². The Morgan fingerprint density at radius 3 is 2.28 bits per heavy atom. The molecule has 0 radical (unpaired) electrons. The van der Waals surface area contributed by atoms with Gasteiger partial charge in [-0.3, -0.25) is 4.79 Å².